The average Bonchev–Trinajstić information content (AvgIpc) is 3.05. The van der Waals surface area contributed by atoms with Gasteiger partial charge in [0.25, 0.3) is 11.1 Å². The highest BCUT2D eigenvalue weighted by Gasteiger charge is 2.37. The highest BCUT2D eigenvalue weighted by Crippen LogP contribution is 2.39. The van der Waals surface area contributed by atoms with E-state index < -0.39 is 11.1 Å². The minimum absolute atomic E-state index is 0.227. The first-order chi connectivity index (χ1) is 15.4. The summed E-state index contributed by atoms with van der Waals surface area (Å²) in [5, 5.41) is -0.465. The lowest BCUT2D eigenvalue weighted by Gasteiger charge is -2.29. The van der Waals surface area contributed by atoms with E-state index in [1.165, 1.54) is 19.8 Å². The zero-order valence-corrected chi connectivity index (χ0v) is 20.0. The van der Waals surface area contributed by atoms with Gasteiger partial charge in [0.1, 0.15) is 6.54 Å². The van der Waals surface area contributed by atoms with Crippen LogP contribution in [0.3, 0.4) is 0 Å². The zero-order valence-electron chi connectivity index (χ0n) is 17.6. The molecule has 1 saturated heterocycles. The van der Waals surface area contributed by atoms with E-state index in [1.54, 1.807) is 23.1 Å². The monoisotopic (exact) mass is 516 g/mol. The number of carbonyl (C=O) groups excluding carboxylic acids is 3. The van der Waals surface area contributed by atoms with Crippen molar-refractivity contribution in [2.75, 3.05) is 27.3 Å². The van der Waals surface area contributed by atoms with Crippen LogP contribution in [0.1, 0.15) is 16.7 Å². The third kappa shape index (κ3) is 4.40. The molecule has 32 heavy (non-hydrogen) atoms. The molecule has 3 amide bonds. The minimum atomic E-state index is -0.494. The van der Waals surface area contributed by atoms with Crippen LogP contribution >= 0.6 is 27.7 Å². The molecule has 2 aliphatic rings. The smallest absolute Gasteiger partial charge is 0.294 e. The summed E-state index contributed by atoms with van der Waals surface area (Å²) in [4.78, 5) is 41.3. The number of nitrogens with zero attached hydrogens (tertiary/aromatic N) is 2. The summed E-state index contributed by atoms with van der Waals surface area (Å²) >= 11 is 4.22. The molecule has 0 bridgehead atoms. The number of benzene rings is 2. The Kier molecular flexibility index (Phi) is 6.57. The van der Waals surface area contributed by atoms with Crippen LogP contribution in [0.25, 0.3) is 6.08 Å². The third-order valence-electron chi connectivity index (χ3n) is 5.41. The van der Waals surface area contributed by atoms with Gasteiger partial charge in [-0.3, -0.25) is 19.3 Å². The second-order valence-electron chi connectivity index (χ2n) is 7.33. The molecule has 0 aliphatic carbocycles. The van der Waals surface area contributed by atoms with Crippen molar-refractivity contribution in [1.82, 2.24) is 9.80 Å². The Morgan fingerprint density at radius 3 is 2.62 bits per heavy atom. The van der Waals surface area contributed by atoms with E-state index in [2.05, 4.69) is 22.0 Å². The molecule has 0 radical (unpaired) electrons. The number of thioether (sulfide) groups is 1. The lowest BCUT2D eigenvalue weighted by Crippen LogP contribution is -2.44. The first kappa shape index (κ1) is 22.4. The van der Waals surface area contributed by atoms with Crippen molar-refractivity contribution in [3.63, 3.8) is 0 Å². The van der Waals surface area contributed by atoms with Gasteiger partial charge >= 0.3 is 0 Å². The van der Waals surface area contributed by atoms with Crippen molar-refractivity contribution in [2.24, 2.45) is 0 Å². The summed E-state index contributed by atoms with van der Waals surface area (Å²) in [5.41, 5.74) is 2.91. The number of halogens is 1. The molecule has 0 saturated carbocycles. The Bertz CT molecular complexity index is 1130. The largest absolute Gasteiger partial charge is 0.493 e. The van der Waals surface area contributed by atoms with Gasteiger partial charge in [-0.05, 0) is 47.5 Å². The van der Waals surface area contributed by atoms with Gasteiger partial charge in [0.05, 0.1) is 19.1 Å². The normalized spacial score (nSPS) is 17.0. The van der Waals surface area contributed by atoms with E-state index in [9.17, 15) is 14.4 Å². The fourth-order valence-electron chi connectivity index (χ4n) is 3.79. The van der Waals surface area contributed by atoms with Crippen molar-refractivity contribution in [3.05, 3.63) is 62.5 Å². The van der Waals surface area contributed by atoms with Gasteiger partial charge in [-0.25, -0.2) is 0 Å². The fourth-order valence-corrected chi connectivity index (χ4v) is 5.07. The number of carbonyl (C=O) groups is 3. The quantitative estimate of drug-likeness (QED) is 0.557. The lowest BCUT2D eigenvalue weighted by atomic mass is 10.00. The predicted molar refractivity (Wildman–Crippen MR) is 125 cm³/mol. The molecule has 4 rings (SSSR count). The first-order valence-corrected chi connectivity index (χ1v) is 11.5. The van der Waals surface area contributed by atoms with Crippen LogP contribution in [-0.2, 0) is 22.6 Å². The highest BCUT2D eigenvalue weighted by molar-refractivity contribution is 9.10. The summed E-state index contributed by atoms with van der Waals surface area (Å²) in [7, 11) is 3.02. The van der Waals surface area contributed by atoms with E-state index in [-0.39, 0.29) is 17.4 Å². The molecule has 2 aliphatic heterocycles. The molecule has 7 nitrogen and oxygen atoms in total. The fraction of sp³-hybridized carbons (Fsp3) is 0.261. The van der Waals surface area contributed by atoms with Crippen LogP contribution in [0.15, 0.2) is 45.8 Å². The second kappa shape index (κ2) is 9.38. The molecule has 2 aromatic carbocycles. The van der Waals surface area contributed by atoms with Gasteiger partial charge in [-0.15, -0.1) is 0 Å². The van der Waals surface area contributed by atoms with Gasteiger partial charge in [0.15, 0.2) is 11.5 Å². The van der Waals surface area contributed by atoms with E-state index >= 15 is 0 Å². The van der Waals surface area contributed by atoms with Gasteiger partial charge in [0, 0.05) is 23.1 Å². The van der Waals surface area contributed by atoms with Crippen LogP contribution in [0.5, 0.6) is 11.5 Å². The van der Waals surface area contributed by atoms with E-state index in [0.717, 1.165) is 33.1 Å². The Morgan fingerprint density at radius 1 is 1.16 bits per heavy atom. The number of rotatable bonds is 5. The Labute approximate surface area is 198 Å². The number of fused-ring (bicyclic) bond motifs is 1. The van der Waals surface area contributed by atoms with Crippen LogP contribution in [0.2, 0.25) is 0 Å². The van der Waals surface area contributed by atoms with Gasteiger partial charge < -0.3 is 14.4 Å². The summed E-state index contributed by atoms with van der Waals surface area (Å²) in [6.45, 7) is 0.774. The Balaban J connectivity index is 1.52. The number of amides is 3. The molecule has 2 heterocycles. The molecule has 1 fully saturated rings. The molecular formula is C23H21BrN2O5S. The van der Waals surface area contributed by atoms with Gasteiger partial charge in [-0.1, -0.05) is 40.2 Å². The molecule has 0 atom stereocenters. The van der Waals surface area contributed by atoms with E-state index in [1.807, 2.05) is 18.2 Å². The van der Waals surface area contributed by atoms with Gasteiger partial charge in [-0.2, -0.15) is 0 Å². The van der Waals surface area contributed by atoms with Crippen molar-refractivity contribution in [3.8, 4) is 11.5 Å². The van der Waals surface area contributed by atoms with Crippen LogP contribution < -0.4 is 9.47 Å². The third-order valence-corrected chi connectivity index (χ3v) is 6.77. The van der Waals surface area contributed by atoms with Crippen LogP contribution in [-0.4, -0.2) is 54.2 Å². The molecule has 0 unspecified atom stereocenters. The standard InChI is InChI=1S/C23H21BrN2O5S/c1-30-18-11-17(24)9-16(21(18)31-2)10-19-22(28)26(23(29)32-19)13-20(27)25-8-7-14-5-3-4-6-15(14)12-25/h3-6,9-11H,7-8,12-13H2,1-2H3/b19-10-. The first-order valence-electron chi connectivity index (χ1n) is 9.92. The molecule has 0 spiro atoms. The maximum atomic E-state index is 12.9. The van der Waals surface area contributed by atoms with Crippen LogP contribution in [0.4, 0.5) is 4.79 Å². The second-order valence-corrected chi connectivity index (χ2v) is 9.24. The van der Waals surface area contributed by atoms with Crippen molar-refractivity contribution in [1.29, 1.82) is 0 Å². The molecule has 9 heteroatoms. The number of hydrogen-bond donors (Lipinski definition) is 0. The zero-order chi connectivity index (χ0) is 22.8. The predicted octanol–water partition coefficient (Wildman–Crippen LogP) is 4.09. The van der Waals surface area contributed by atoms with E-state index in [0.29, 0.717) is 30.2 Å². The SMILES string of the molecule is COc1cc(Br)cc(/C=C2\SC(=O)N(CC(=O)N3CCc4ccccc4C3)C2=O)c1OC. The Hall–Kier alpha value is -2.78. The minimum Gasteiger partial charge on any atom is -0.493 e. The van der Waals surface area contributed by atoms with Crippen molar-refractivity contribution >= 4 is 50.8 Å². The maximum Gasteiger partial charge on any atom is 0.294 e. The summed E-state index contributed by atoms with van der Waals surface area (Å²) in [5.74, 6) is 0.204. The summed E-state index contributed by atoms with van der Waals surface area (Å²) < 4.78 is 11.5. The molecule has 0 aromatic heterocycles. The van der Waals surface area contributed by atoms with Gasteiger partial charge in [0.2, 0.25) is 5.91 Å². The molecule has 2 aromatic rings. The molecular weight excluding hydrogens is 496 g/mol. The maximum absolute atomic E-state index is 12.9. The van der Waals surface area contributed by atoms with Crippen molar-refractivity contribution in [2.45, 2.75) is 13.0 Å². The lowest BCUT2D eigenvalue weighted by molar-refractivity contribution is -0.136. The number of ether oxygens (including phenoxy) is 2. The topological polar surface area (TPSA) is 76.2 Å². The highest BCUT2D eigenvalue weighted by atomic mass is 79.9. The summed E-state index contributed by atoms with van der Waals surface area (Å²) in [6.07, 6.45) is 2.34. The van der Waals surface area contributed by atoms with E-state index in [4.69, 9.17) is 9.47 Å². The average molecular weight is 517 g/mol. The summed E-state index contributed by atoms with van der Waals surface area (Å²) in [6, 6.07) is 11.5. The molecule has 166 valence electrons. The number of hydrogen-bond acceptors (Lipinski definition) is 6. The van der Waals surface area contributed by atoms with Crippen molar-refractivity contribution < 1.29 is 23.9 Å². The Morgan fingerprint density at radius 2 is 1.91 bits per heavy atom. The number of imide groups is 1. The number of methoxy groups -OCH3 is 2. The van der Waals surface area contributed by atoms with Crippen LogP contribution in [0, 0.1) is 0 Å². The molecule has 0 N–H and O–H groups in total.